The molecular formula is C32H62N4O29. The number of aliphatic hydroxyl groups is 19. The Hall–Kier alpha value is -3.99. The monoisotopic (exact) mass is 966 g/mol. The number of hydrogen-bond donors (Lipinski definition) is 25. The average molecular weight is 967 g/mol. The van der Waals surface area contributed by atoms with Gasteiger partial charge in [0.2, 0.25) is 0 Å². The van der Waals surface area contributed by atoms with E-state index in [4.69, 9.17) is 86.4 Å². The molecule has 1 heterocycles. The van der Waals surface area contributed by atoms with Gasteiger partial charge in [0.05, 0.1) is 39.5 Å². The number of carbonyl (C=O) groups is 5. The average Bonchev–Trinajstić information content (AvgIpc) is 3.28. The maximum atomic E-state index is 10.3. The molecule has 1 aliphatic heterocycles. The highest BCUT2D eigenvalue weighted by Gasteiger charge is 2.43. The van der Waals surface area contributed by atoms with Crippen molar-refractivity contribution >= 4 is 42.6 Å². The molecule has 17 unspecified atom stereocenters. The molecular weight excluding hydrogens is 904 g/mol. The molecule has 17 atom stereocenters. The van der Waals surface area contributed by atoms with E-state index in [1.54, 1.807) is 0 Å². The van der Waals surface area contributed by atoms with Crippen LogP contribution in [0, 0.1) is 0 Å². The van der Waals surface area contributed by atoms with Gasteiger partial charge in [-0.05, 0) is 0 Å². The number of nitrogens with zero attached hydrogens (tertiary/aromatic N) is 2. The molecule has 1 fully saturated rings. The summed E-state index contributed by atoms with van der Waals surface area (Å²) in [5.74, 6) is -4.55. The van der Waals surface area contributed by atoms with Crippen molar-refractivity contribution in [1.29, 1.82) is 0 Å². The first-order chi connectivity index (χ1) is 30.1. The standard InChI is InChI=1S/3C8H15NO7.C6H12O6.C2H5NO2/c10-2-3-5(13)6(14)7(15)8(16-3)9-1-4(11)12;2*10-3-5(12)8(16)7(15)4(11)1-9-2-6(13)14;7-1-3(9)5(11)6(12)4(10)2-8;3-1-2(4)5/h3,5-10,13-15H,1-2H2,(H,11,12);2*1,4-5,7-8,10-12,15-16H,2-3H2,(H,13,14);1,3-6,8-12H,2H2;1,3H2,(H,4,5). The molecule has 0 amide bonds. The number of rotatable bonds is 24. The van der Waals surface area contributed by atoms with E-state index in [0.717, 1.165) is 12.4 Å². The number of aliphatic hydroxyl groups excluding tert-OH is 19. The van der Waals surface area contributed by atoms with Crippen molar-refractivity contribution in [2.24, 2.45) is 15.7 Å². The third kappa shape index (κ3) is 30.8. The maximum absolute atomic E-state index is 10.3. The second-order valence-electron chi connectivity index (χ2n) is 12.7. The third-order valence-corrected chi connectivity index (χ3v) is 7.47. The first-order valence-corrected chi connectivity index (χ1v) is 18.1. The van der Waals surface area contributed by atoms with Crippen LogP contribution < -0.4 is 11.1 Å². The van der Waals surface area contributed by atoms with Gasteiger partial charge >= 0.3 is 23.9 Å². The summed E-state index contributed by atoms with van der Waals surface area (Å²) in [5, 5.41) is 205. The highest BCUT2D eigenvalue weighted by molar-refractivity contribution is 5.74. The fourth-order valence-corrected chi connectivity index (χ4v) is 3.81. The zero-order valence-corrected chi connectivity index (χ0v) is 33.9. The first-order valence-electron chi connectivity index (χ1n) is 18.1. The quantitative estimate of drug-likeness (QED) is 0.0315. The van der Waals surface area contributed by atoms with E-state index in [1.165, 1.54) is 0 Å². The molecule has 0 radical (unpaired) electrons. The number of carboxylic acid groups (broad SMARTS) is 4. The van der Waals surface area contributed by atoms with E-state index in [0.29, 0.717) is 0 Å². The van der Waals surface area contributed by atoms with E-state index < -0.39 is 174 Å². The molecule has 33 heteroatoms. The zero-order valence-electron chi connectivity index (χ0n) is 33.9. The predicted octanol–water partition coefficient (Wildman–Crippen LogP) is -14.7. The van der Waals surface area contributed by atoms with Crippen molar-refractivity contribution in [2.75, 3.05) is 52.6 Å². The van der Waals surface area contributed by atoms with Gasteiger partial charge < -0.3 is 133 Å². The van der Waals surface area contributed by atoms with Gasteiger partial charge in [-0.2, -0.15) is 0 Å². The van der Waals surface area contributed by atoms with E-state index in [9.17, 15) is 59.7 Å². The van der Waals surface area contributed by atoms with Gasteiger partial charge in [0, 0.05) is 12.4 Å². The summed E-state index contributed by atoms with van der Waals surface area (Å²) in [7, 11) is 0. The van der Waals surface area contributed by atoms with Crippen LogP contribution in [0.15, 0.2) is 9.98 Å². The van der Waals surface area contributed by atoms with Crippen LogP contribution in [0.4, 0.5) is 0 Å². The Balaban J connectivity index is -0.000000370. The number of nitrogens with two attached hydrogens (primary N) is 1. The van der Waals surface area contributed by atoms with Crippen molar-refractivity contribution in [1.82, 2.24) is 5.32 Å². The van der Waals surface area contributed by atoms with Crippen molar-refractivity contribution in [3.05, 3.63) is 0 Å². The minimum Gasteiger partial charge on any atom is -0.480 e. The molecule has 0 aliphatic carbocycles. The lowest BCUT2D eigenvalue weighted by Gasteiger charge is -2.40. The fourth-order valence-electron chi connectivity index (χ4n) is 3.81. The normalized spacial score (nSPS) is 23.7. The lowest BCUT2D eigenvalue weighted by molar-refractivity contribution is -0.236. The van der Waals surface area contributed by atoms with Gasteiger partial charge in [0.15, 0.2) is 6.29 Å². The maximum Gasteiger partial charge on any atom is 0.325 e. The van der Waals surface area contributed by atoms with Crippen LogP contribution in [-0.4, -0.2) is 317 Å². The molecule has 65 heavy (non-hydrogen) atoms. The second-order valence-corrected chi connectivity index (χ2v) is 12.7. The molecule has 384 valence electrons. The van der Waals surface area contributed by atoms with Crippen LogP contribution in [0.3, 0.4) is 0 Å². The van der Waals surface area contributed by atoms with Gasteiger partial charge in [0.25, 0.3) is 0 Å². The van der Waals surface area contributed by atoms with Gasteiger partial charge in [-0.1, -0.05) is 0 Å². The minimum absolute atomic E-state index is 0.0258. The molecule has 0 aromatic rings. The summed E-state index contributed by atoms with van der Waals surface area (Å²) in [4.78, 5) is 56.1. The van der Waals surface area contributed by atoms with Gasteiger partial charge in [-0.15, -0.1) is 0 Å². The van der Waals surface area contributed by atoms with Crippen LogP contribution in [0.25, 0.3) is 0 Å². The van der Waals surface area contributed by atoms with Gasteiger partial charge in [-0.25, -0.2) is 0 Å². The van der Waals surface area contributed by atoms with Gasteiger partial charge in [-0.3, -0.25) is 34.5 Å². The van der Waals surface area contributed by atoms with Gasteiger partial charge in [0.1, 0.15) is 117 Å². The predicted molar refractivity (Wildman–Crippen MR) is 207 cm³/mol. The molecule has 33 nitrogen and oxygen atoms in total. The summed E-state index contributed by atoms with van der Waals surface area (Å²) in [6.07, 6.45) is -25.4. The van der Waals surface area contributed by atoms with E-state index in [-0.39, 0.29) is 12.8 Å². The molecule has 1 rings (SSSR count). The molecule has 0 saturated carbocycles. The van der Waals surface area contributed by atoms with Crippen molar-refractivity contribution in [2.45, 2.75) is 104 Å². The van der Waals surface area contributed by atoms with E-state index >= 15 is 0 Å². The molecule has 0 aromatic carbocycles. The van der Waals surface area contributed by atoms with Crippen LogP contribution in [0.1, 0.15) is 0 Å². The number of aliphatic imine (C=N–C) groups is 2. The molecule has 1 saturated heterocycles. The number of carboxylic acids is 4. The summed E-state index contributed by atoms with van der Waals surface area (Å²) in [6.45, 7) is -4.78. The second kappa shape index (κ2) is 38.1. The number of ether oxygens (including phenoxy) is 1. The Bertz CT molecular complexity index is 1300. The van der Waals surface area contributed by atoms with Crippen LogP contribution >= 0.6 is 0 Å². The molecule has 1 aliphatic rings. The first kappa shape index (κ1) is 67.6. The lowest BCUT2D eigenvalue weighted by atomic mass is 9.98. The molecule has 0 bridgehead atoms. The van der Waals surface area contributed by atoms with E-state index in [2.05, 4.69) is 21.0 Å². The Morgan fingerprint density at radius 3 is 1.14 bits per heavy atom. The van der Waals surface area contributed by atoms with Crippen LogP contribution in [0.5, 0.6) is 0 Å². The zero-order chi connectivity index (χ0) is 51.7. The molecule has 0 spiro atoms. The molecule has 0 aromatic heterocycles. The van der Waals surface area contributed by atoms with E-state index in [1.807, 2.05) is 0 Å². The van der Waals surface area contributed by atoms with Crippen molar-refractivity contribution < 1.29 is 146 Å². The highest BCUT2D eigenvalue weighted by Crippen LogP contribution is 2.19. The Labute approximate surface area is 366 Å². The number of hydrogen-bond acceptors (Lipinski definition) is 29. The van der Waals surface area contributed by atoms with Crippen molar-refractivity contribution in [3.8, 4) is 0 Å². The van der Waals surface area contributed by atoms with Crippen molar-refractivity contribution in [3.63, 3.8) is 0 Å². The Morgan fingerprint density at radius 1 is 0.538 bits per heavy atom. The topological polar surface area (TPSA) is 623 Å². The number of carbonyl (C=O) groups excluding carboxylic acids is 1. The number of aldehydes is 1. The number of nitrogens with one attached hydrogen (secondary N) is 1. The highest BCUT2D eigenvalue weighted by atomic mass is 16.6. The Morgan fingerprint density at radius 2 is 0.877 bits per heavy atom. The summed E-state index contributed by atoms with van der Waals surface area (Å²) in [6, 6.07) is 0. The minimum atomic E-state index is -1.79. The fraction of sp³-hybridized carbons (Fsp3) is 0.781. The largest absolute Gasteiger partial charge is 0.480 e. The van der Waals surface area contributed by atoms with Crippen LogP contribution in [0.2, 0.25) is 0 Å². The lowest BCUT2D eigenvalue weighted by Crippen LogP contribution is -2.62. The summed E-state index contributed by atoms with van der Waals surface area (Å²) in [5.41, 5.74) is 4.57. The molecule has 26 N–H and O–H groups in total. The van der Waals surface area contributed by atoms with Crippen LogP contribution in [-0.2, 0) is 28.7 Å². The Kier molecular flexibility index (Phi) is 39.7. The SMILES string of the molecule is NCC(=O)O.O=C(O)CN=CC(O)C(O)C(O)C(O)CO.O=C(O)CN=CC(O)C(O)C(O)C(O)CO.O=C(O)CNC1OC(CO)C(O)C(O)C1O.O=CC(O)C(O)C(O)C(O)CO. The summed E-state index contributed by atoms with van der Waals surface area (Å²) < 4.78 is 5.00. The summed E-state index contributed by atoms with van der Waals surface area (Å²) >= 11 is 0. The number of aliphatic carboxylic acids is 4. The third-order valence-electron chi connectivity index (χ3n) is 7.47. The smallest absolute Gasteiger partial charge is 0.325 e.